The molecule has 0 bridgehead atoms. The molecular formula is C53H92O6. The van der Waals surface area contributed by atoms with Crippen LogP contribution < -0.4 is 0 Å². The summed E-state index contributed by atoms with van der Waals surface area (Å²) in [6, 6.07) is 0. The second-order valence-electron chi connectivity index (χ2n) is 16.4. The monoisotopic (exact) mass is 825 g/mol. The van der Waals surface area contributed by atoms with Crippen molar-refractivity contribution in [2.24, 2.45) is 0 Å². The summed E-state index contributed by atoms with van der Waals surface area (Å²) in [5.41, 5.74) is 0. The van der Waals surface area contributed by atoms with Crippen LogP contribution in [0.25, 0.3) is 0 Å². The van der Waals surface area contributed by atoms with Crippen molar-refractivity contribution < 1.29 is 28.6 Å². The van der Waals surface area contributed by atoms with Crippen molar-refractivity contribution in [3.05, 3.63) is 60.8 Å². The average Bonchev–Trinajstić information content (AvgIpc) is 3.23. The molecule has 0 rings (SSSR count). The number of hydrogen-bond donors (Lipinski definition) is 0. The van der Waals surface area contributed by atoms with Crippen LogP contribution in [-0.2, 0) is 28.6 Å². The fourth-order valence-corrected chi connectivity index (χ4v) is 6.67. The number of carbonyl (C=O) groups excluding carboxylic acids is 3. The van der Waals surface area contributed by atoms with Crippen LogP contribution in [0.3, 0.4) is 0 Å². The molecule has 59 heavy (non-hydrogen) atoms. The van der Waals surface area contributed by atoms with Crippen LogP contribution >= 0.6 is 0 Å². The molecule has 0 amide bonds. The summed E-state index contributed by atoms with van der Waals surface area (Å²) in [5.74, 6) is -0.950. The third-order valence-corrected chi connectivity index (χ3v) is 10.5. The Bertz CT molecular complexity index is 1090. The first-order chi connectivity index (χ1) is 29.0. The van der Waals surface area contributed by atoms with Gasteiger partial charge in [0.25, 0.3) is 0 Å². The Labute approximate surface area is 364 Å². The maximum Gasteiger partial charge on any atom is 0.306 e. The first kappa shape index (κ1) is 56.1. The Kier molecular flexibility index (Phi) is 45.4. The molecule has 1 atom stereocenters. The molecule has 0 aliphatic carbocycles. The van der Waals surface area contributed by atoms with E-state index in [0.29, 0.717) is 19.3 Å². The summed E-state index contributed by atoms with van der Waals surface area (Å²) >= 11 is 0. The third-order valence-electron chi connectivity index (χ3n) is 10.5. The van der Waals surface area contributed by atoms with Gasteiger partial charge < -0.3 is 14.2 Å². The highest BCUT2D eigenvalue weighted by Gasteiger charge is 2.19. The fourth-order valence-electron chi connectivity index (χ4n) is 6.67. The standard InChI is InChI=1S/C53H92O6/c1-4-7-10-13-16-19-22-25-26-29-31-34-37-40-43-46-52(55)58-49-50(59-53(56)47-44-41-38-35-32-28-24-21-18-15-12-9-6-3)48-57-51(54)45-42-39-36-33-30-27-23-20-17-14-11-8-5-2/h16,19-21,23-26,31,34,50H,4-15,17-18,22,27-30,32-33,35-49H2,1-3H3/b19-16-,23-20-,24-21-,26-25-,34-31-/t50-/m0/s1. The number of ether oxygens (including phenoxy) is 3. The molecule has 0 saturated heterocycles. The predicted molar refractivity (Wildman–Crippen MR) is 251 cm³/mol. The Hall–Kier alpha value is -2.89. The molecule has 0 spiro atoms. The molecule has 0 radical (unpaired) electrons. The van der Waals surface area contributed by atoms with E-state index in [-0.39, 0.29) is 31.1 Å². The van der Waals surface area contributed by atoms with Crippen molar-refractivity contribution in [3.63, 3.8) is 0 Å². The summed E-state index contributed by atoms with van der Waals surface area (Å²) in [6.07, 6.45) is 57.7. The van der Waals surface area contributed by atoms with Gasteiger partial charge in [-0.15, -0.1) is 0 Å². The average molecular weight is 825 g/mol. The predicted octanol–water partition coefficient (Wildman–Crippen LogP) is 16.1. The molecule has 0 aromatic heterocycles. The summed E-state index contributed by atoms with van der Waals surface area (Å²) < 4.78 is 16.7. The number of allylic oxidation sites excluding steroid dienone is 10. The summed E-state index contributed by atoms with van der Waals surface area (Å²) in [4.78, 5) is 37.9. The van der Waals surface area contributed by atoms with E-state index in [1.54, 1.807) is 0 Å². The smallest absolute Gasteiger partial charge is 0.306 e. The number of hydrogen-bond acceptors (Lipinski definition) is 6. The maximum absolute atomic E-state index is 12.8. The van der Waals surface area contributed by atoms with Gasteiger partial charge >= 0.3 is 17.9 Å². The van der Waals surface area contributed by atoms with Crippen molar-refractivity contribution in [2.45, 2.75) is 245 Å². The molecule has 0 aliphatic heterocycles. The zero-order chi connectivity index (χ0) is 43.0. The molecular weight excluding hydrogens is 733 g/mol. The Morgan fingerprint density at radius 1 is 0.339 bits per heavy atom. The highest BCUT2D eigenvalue weighted by Crippen LogP contribution is 2.13. The topological polar surface area (TPSA) is 78.9 Å². The third kappa shape index (κ3) is 46.0. The minimum absolute atomic E-state index is 0.0940. The molecule has 6 heteroatoms. The second-order valence-corrected chi connectivity index (χ2v) is 16.4. The van der Waals surface area contributed by atoms with Crippen LogP contribution in [0, 0.1) is 0 Å². The van der Waals surface area contributed by atoms with Gasteiger partial charge in [0.1, 0.15) is 13.2 Å². The van der Waals surface area contributed by atoms with Gasteiger partial charge in [-0.1, -0.05) is 171 Å². The van der Waals surface area contributed by atoms with Crippen LogP contribution in [0.1, 0.15) is 239 Å². The van der Waals surface area contributed by atoms with Crippen molar-refractivity contribution >= 4 is 17.9 Å². The van der Waals surface area contributed by atoms with Crippen LogP contribution in [0.2, 0.25) is 0 Å². The van der Waals surface area contributed by atoms with E-state index in [4.69, 9.17) is 14.2 Å². The largest absolute Gasteiger partial charge is 0.462 e. The molecule has 0 aromatic rings. The highest BCUT2D eigenvalue weighted by molar-refractivity contribution is 5.71. The van der Waals surface area contributed by atoms with Crippen molar-refractivity contribution in [3.8, 4) is 0 Å². The molecule has 0 heterocycles. The number of esters is 3. The maximum atomic E-state index is 12.8. The highest BCUT2D eigenvalue weighted by atomic mass is 16.6. The fraction of sp³-hybridized carbons (Fsp3) is 0.755. The van der Waals surface area contributed by atoms with Gasteiger partial charge in [0.2, 0.25) is 0 Å². The number of unbranched alkanes of at least 4 members (excludes halogenated alkanes) is 23. The van der Waals surface area contributed by atoms with Gasteiger partial charge in [0, 0.05) is 19.3 Å². The number of rotatable bonds is 44. The Balaban J connectivity index is 4.47. The SMILES string of the molecule is CCCCC/C=C\C/C=C\C/C=C\CCCCC(=O)OC[C@H](COC(=O)CCCCCCC/C=C\CCCCCC)OC(=O)CCCCCCC/C=C\CCCCCC. The lowest BCUT2D eigenvalue weighted by molar-refractivity contribution is -0.167. The molecule has 0 fully saturated rings. The van der Waals surface area contributed by atoms with Gasteiger partial charge in [0.15, 0.2) is 6.10 Å². The second kappa shape index (κ2) is 47.8. The minimum Gasteiger partial charge on any atom is -0.462 e. The molecule has 0 aliphatic rings. The van der Waals surface area contributed by atoms with E-state index in [1.807, 2.05) is 0 Å². The van der Waals surface area contributed by atoms with Gasteiger partial charge in [-0.05, 0) is 109 Å². The van der Waals surface area contributed by atoms with Crippen LogP contribution in [-0.4, -0.2) is 37.2 Å². The van der Waals surface area contributed by atoms with Crippen molar-refractivity contribution in [2.75, 3.05) is 13.2 Å². The Morgan fingerprint density at radius 3 is 1.03 bits per heavy atom. The van der Waals surface area contributed by atoms with E-state index in [0.717, 1.165) is 89.9 Å². The van der Waals surface area contributed by atoms with Crippen LogP contribution in [0.5, 0.6) is 0 Å². The zero-order valence-corrected chi connectivity index (χ0v) is 38.8. The molecule has 0 N–H and O–H groups in total. The van der Waals surface area contributed by atoms with E-state index in [9.17, 15) is 14.4 Å². The summed E-state index contributed by atoms with van der Waals surface area (Å²) in [7, 11) is 0. The first-order valence-electron chi connectivity index (χ1n) is 24.8. The van der Waals surface area contributed by atoms with E-state index >= 15 is 0 Å². The molecule has 6 nitrogen and oxygen atoms in total. The molecule has 0 unspecified atom stereocenters. The van der Waals surface area contributed by atoms with Crippen LogP contribution in [0.4, 0.5) is 0 Å². The van der Waals surface area contributed by atoms with E-state index in [1.165, 1.54) is 109 Å². The van der Waals surface area contributed by atoms with Crippen molar-refractivity contribution in [1.29, 1.82) is 0 Å². The van der Waals surface area contributed by atoms with Crippen molar-refractivity contribution in [1.82, 2.24) is 0 Å². The van der Waals surface area contributed by atoms with Crippen LogP contribution in [0.15, 0.2) is 60.8 Å². The van der Waals surface area contributed by atoms with E-state index in [2.05, 4.69) is 81.5 Å². The zero-order valence-electron chi connectivity index (χ0n) is 38.8. The molecule has 0 aromatic carbocycles. The lowest BCUT2D eigenvalue weighted by atomic mass is 10.1. The van der Waals surface area contributed by atoms with Gasteiger partial charge in [-0.25, -0.2) is 0 Å². The normalized spacial score (nSPS) is 12.5. The summed E-state index contributed by atoms with van der Waals surface area (Å²) in [6.45, 7) is 6.52. The first-order valence-corrected chi connectivity index (χ1v) is 24.8. The number of carbonyl (C=O) groups is 3. The molecule has 0 saturated carbocycles. The van der Waals surface area contributed by atoms with Gasteiger partial charge in [-0.2, -0.15) is 0 Å². The van der Waals surface area contributed by atoms with E-state index < -0.39 is 6.10 Å². The summed E-state index contributed by atoms with van der Waals surface area (Å²) in [5, 5.41) is 0. The molecule has 340 valence electrons. The minimum atomic E-state index is -0.795. The quantitative estimate of drug-likeness (QED) is 0.0263. The van der Waals surface area contributed by atoms with Gasteiger partial charge in [0.05, 0.1) is 0 Å². The lowest BCUT2D eigenvalue weighted by Crippen LogP contribution is -2.30. The van der Waals surface area contributed by atoms with Gasteiger partial charge in [-0.3, -0.25) is 14.4 Å². The lowest BCUT2D eigenvalue weighted by Gasteiger charge is -2.18. The Morgan fingerprint density at radius 2 is 0.610 bits per heavy atom.